The summed E-state index contributed by atoms with van der Waals surface area (Å²) < 4.78 is 13.1. The number of rotatable bonds is 4. The molecule has 0 bridgehead atoms. The minimum Gasteiger partial charge on any atom is -0.387 e. The molecule has 2 rings (SSSR count). The minimum absolute atomic E-state index is 0.212. The Kier molecular flexibility index (Phi) is 4.64. The van der Waals surface area contributed by atoms with Gasteiger partial charge in [0.25, 0.3) is 0 Å². The van der Waals surface area contributed by atoms with Gasteiger partial charge in [-0.15, -0.1) is 0 Å². The summed E-state index contributed by atoms with van der Waals surface area (Å²) >= 11 is 11.7. The van der Waals surface area contributed by atoms with Gasteiger partial charge in [-0.2, -0.15) is 0 Å². The summed E-state index contributed by atoms with van der Waals surface area (Å²) in [5.74, 6) is -0.428. The smallest absolute Gasteiger partial charge is 0.126 e. The average Bonchev–Trinajstić information content (AvgIpc) is 2.35. The second-order valence-corrected chi connectivity index (χ2v) is 4.92. The summed E-state index contributed by atoms with van der Waals surface area (Å²) in [5, 5.41) is 13.7. The van der Waals surface area contributed by atoms with E-state index >= 15 is 0 Å². The van der Waals surface area contributed by atoms with Crippen molar-refractivity contribution in [3.05, 3.63) is 63.9 Å². The molecule has 19 heavy (non-hydrogen) atoms. The molecule has 0 amide bonds. The fraction of sp³-hybridized carbons (Fsp3) is 0.143. The number of hydrogen-bond acceptors (Lipinski definition) is 2. The minimum atomic E-state index is -0.782. The van der Waals surface area contributed by atoms with Crippen LogP contribution in [-0.4, -0.2) is 11.7 Å². The zero-order valence-electron chi connectivity index (χ0n) is 9.91. The van der Waals surface area contributed by atoms with Gasteiger partial charge in [-0.1, -0.05) is 41.4 Å². The number of hydrogen-bond donors (Lipinski definition) is 2. The Bertz CT molecular complexity index is 557. The van der Waals surface area contributed by atoms with Crippen molar-refractivity contribution in [2.75, 3.05) is 11.9 Å². The standard InChI is InChI=1S/C14H12Cl2FNO/c15-9-5-10(17)7-11(6-9)18-8-14(19)12-3-1-2-4-13(12)16/h1-7,14,18-19H,8H2. The first-order chi connectivity index (χ1) is 9.06. The largest absolute Gasteiger partial charge is 0.387 e. The molecule has 0 aliphatic rings. The van der Waals surface area contributed by atoms with E-state index in [0.717, 1.165) is 0 Å². The van der Waals surface area contributed by atoms with Gasteiger partial charge in [0.15, 0.2) is 0 Å². The first-order valence-electron chi connectivity index (χ1n) is 5.69. The Labute approximate surface area is 120 Å². The van der Waals surface area contributed by atoms with Crippen molar-refractivity contribution in [1.29, 1.82) is 0 Å². The highest BCUT2D eigenvalue weighted by molar-refractivity contribution is 6.31. The Morgan fingerprint density at radius 3 is 2.58 bits per heavy atom. The second-order valence-electron chi connectivity index (χ2n) is 4.08. The SMILES string of the molecule is OC(CNc1cc(F)cc(Cl)c1)c1ccccc1Cl. The molecule has 0 spiro atoms. The highest BCUT2D eigenvalue weighted by atomic mass is 35.5. The molecule has 0 heterocycles. The topological polar surface area (TPSA) is 32.3 Å². The lowest BCUT2D eigenvalue weighted by Gasteiger charge is -2.14. The van der Waals surface area contributed by atoms with Crippen molar-refractivity contribution in [3.8, 4) is 0 Å². The van der Waals surface area contributed by atoms with E-state index in [2.05, 4.69) is 5.32 Å². The van der Waals surface area contributed by atoms with Crippen LogP contribution in [-0.2, 0) is 0 Å². The Morgan fingerprint density at radius 1 is 1.16 bits per heavy atom. The Hall–Kier alpha value is -1.29. The predicted octanol–water partition coefficient (Wildman–Crippen LogP) is 4.28. The zero-order valence-corrected chi connectivity index (χ0v) is 11.4. The van der Waals surface area contributed by atoms with Crippen molar-refractivity contribution in [2.24, 2.45) is 0 Å². The maximum absolute atomic E-state index is 13.1. The van der Waals surface area contributed by atoms with Gasteiger partial charge in [0.05, 0.1) is 6.10 Å². The van der Waals surface area contributed by atoms with Crippen molar-refractivity contribution in [3.63, 3.8) is 0 Å². The molecular formula is C14H12Cl2FNO. The number of nitrogens with one attached hydrogen (secondary N) is 1. The van der Waals surface area contributed by atoms with Crippen LogP contribution in [0, 0.1) is 5.82 Å². The van der Waals surface area contributed by atoms with E-state index in [4.69, 9.17) is 23.2 Å². The number of aliphatic hydroxyl groups excluding tert-OH is 1. The lowest BCUT2D eigenvalue weighted by atomic mass is 10.1. The van der Waals surface area contributed by atoms with E-state index in [9.17, 15) is 9.50 Å². The third kappa shape index (κ3) is 3.83. The van der Waals surface area contributed by atoms with Crippen LogP contribution >= 0.6 is 23.2 Å². The molecule has 2 nitrogen and oxygen atoms in total. The first kappa shape index (κ1) is 14.1. The lowest BCUT2D eigenvalue weighted by Crippen LogP contribution is -2.12. The summed E-state index contributed by atoms with van der Waals surface area (Å²) in [5.41, 5.74) is 1.13. The monoisotopic (exact) mass is 299 g/mol. The number of aliphatic hydroxyl groups is 1. The van der Waals surface area contributed by atoms with Crippen LogP contribution in [0.15, 0.2) is 42.5 Å². The number of halogens is 3. The molecule has 5 heteroatoms. The fourth-order valence-electron chi connectivity index (χ4n) is 1.73. The maximum atomic E-state index is 13.1. The van der Waals surface area contributed by atoms with Gasteiger partial charge in [-0.05, 0) is 24.3 Å². The van der Waals surface area contributed by atoms with Crippen molar-refractivity contribution in [2.45, 2.75) is 6.10 Å². The third-order valence-electron chi connectivity index (χ3n) is 2.63. The molecule has 0 saturated carbocycles. The van der Waals surface area contributed by atoms with Crippen LogP contribution in [0.3, 0.4) is 0 Å². The van der Waals surface area contributed by atoms with Crippen molar-refractivity contribution >= 4 is 28.9 Å². The van der Waals surface area contributed by atoms with Crippen LogP contribution in [0.25, 0.3) is 0 Å². The van der Waals surface area contributed by atoms with Gasteiger partial charge in [-0.3, -0.25) is 0 Å². The van der Waals surface area contributed by atoms with Gasteiger partial charge in [0, 0.05) is 27.8 Å². The summed E-state index contributed by atoms with van der Waals surface area (Å²) in [7, 11) is 0. The lowest BCUT2D eigenvalue weighted by molar-refractivity contribution is 0.191. The van der Waals surface area contributed by atoms with Gasteiger partial charge in [0.2, 0.25) is 0 Å². The zero-order chi connectivity index (χ0) is 13.8. The maximum Gasteiger partial charge on any atom is 0.126 e. The van der Waals surface area contributed by atoms with Crippen LogP contribution in [0.1, 0.15) is 11.7 Å². The molecule has 0 aliphatic carbocycles. The molecule has 2 N–H and O–H groups in total. The molecule has 0 fully saturated rings. The van der Waals surface area contributed by atoms with Crippen LogP contribution in [0.5, 0.6) is 0 Å². The molecular weight excluding hydrogens is 288 g/mol. The van der Waals surface area contributed by atoms with Gasteiger partial charge in [0.1, 0.15) is 5.82 Å². The molecule has 0 radical (unpaired) electrons. The van der Waals surface area contributed by atoms with E-state index in [-0.39, 0.29) is 6.54 Å². The molecule has 1 unspecified atom stereocenters. The average molecular weight is 300 g/mol. The van der Waals surface area contributed by atoms with Crippen molar-refractivity contribution < 1.29 is 9.50 Å². The third-order valence-corrected chi connectivity index (χ3v) is 3.19. The van der Waals surface area contributed by atoms with Gasteiger partial charge >= 0.3 is 0 Å². The Balaban J connectivity index is 2.04. The second kappa shape index (κ2) is 6.24. The molecule has 0 saturated heterocycles. The van der Waals surface area contributed by atoms with Crippen molar-refractivity contribution in [1.82, 2.24) is 0 Å². The molecule has 0 aromatic heterocycles. The number of benzene rings is 2. The quantitative estimate of drug-likeness (QED) is 0.883. The molecule has 1 atom stereocenters. The van der Waals surface area contributed by atoms with E-state index in [0.29, 0.717) is 21.3 Å². The van der Waals surface area contributed by atoms with E-state index in [1.165, 1.54) is 12.1 Å². The fourth-order valence-corrected chi connectivity index (χ4v) is 2.21. The highest BCUT2D eigenvalue weighted by Gasteiger charge is 2.11. The molecule has 2 aromatic carbocycles. The van der Waals surface area contributed by atoms with Crippen LogP contribution in [0.4, 0.5) is 10.1 Å². The van der Waals surface area contributed by atoms with Gasteiger partial charge in [-0.25, -0.2) is 4.39 Å². The summed E-state index contributed by atoms with van der Waals surface area (Å²) in [6.07, 6.45) is -0.782. The molecule has 0 aliphatic heterocycles. The first-order valence-corrected chi connectivity index (χ1v) is 6.44. The summed E-state index contributed by atoms with van der Waals surface area (Å²) in [6.45, 7) is 0.212. The van der Waals surface area contributed by atoms with Crippen LogP contribution < -0.4 is 5.32 Å². The highest BCUT2D eigenvalue weighted by Crippen LogP contribution is 2.24. The molecule has 2 aromatic rings. The van der Waals surface area contributed by atoms with E-state index < -0.39 is 11.9 Å². The van der Waals surface area contributed by atoms with Crippen LogP contribution in [0.2, 0.25) is 10.0 Å². The summed E-state index contributed by atoms with van der Waals surface area (Å²) in [6, 6.07) is 11.2. The number of anilines is 1. The normalized spacial score (nSPS) is 12.2. The summed E-state index contributed by atoms with van der Waals surface area (Å²) in [4.78, 5) is 0. The molecule has 100 valence electrons. The Morgan fingerprint density at radius 2 is 1.89 bits per heavy atom. The van der Waals surface area contributed by atoms with E-state index in [1.54, 1.807) is 30.3 Å². The predicted molar refractivity (Wildman–Crippen MR) is 76.3 cm³/mol. The van der Waals surface area contributed by atoms with E-state index in [1.807, 2.05) is 0 Å². The van der Waals surface area contributed by atoms with Gasteiger partial charge < -0.3 is 10.4 Å².